The molecule has 1 aromatic heterocycles. The van der Waals surface area contributed by atoms with Gasteiger partial charge < -0.3 is 0 Å². The lowest BCUT2D eigenvalue weighted by molar-refractivity contribution is 0.426. The zero-order chi connectivity index (χ0) is 12.1. The van der Waals surface area contributed by atoms with Crippen LogP contribution in [0.3, 0.4) is 0 Å². The summed E-state index contributed by atoms with van der Waals surface area (Å²) in [5.74, 6) is 0.453. The highest BCUT2D eigenvalue weighted by molar-refractivity contribution is 6.31. The number of nitrogens with zero attached hydrogens (tertiary/aromatic N) is 2. The Kier molecular flexibility index (Phi) is 5.63. The molecule has 0 N–H and O–H groups in total. The topological polar surface area (TPSA) is 17.8 Å². The lowest BCUT2D eigenvalue weighted by Crippen LogP contribution is -2.09. The Bertz CT molecular complexity index is 330. The second-order valence-corrected chi connectivity index (χ2v) is 4.64. The maximum atomic E-state index is 6.33. The minimum atomic E-state index is 0.389. The molecule has 1 rings (SSSR count). The zero-order valence-corrected chi connectivity index (χ0v) is 11.8. The molecule has 0 amide bonds. The van der Waals surface area contributed by atoms with Crippen molar-refractivity contribution in [2.24, 2.45) is 0 Å². The maximum absolute atomic E-state index is 6.33. The molecular formula is C12H20Cl2N2. The molecule has 4 heteroatoms. The Morgan fingerprint density at radius 1 is 1.25 bits per heavy atom. The van der Waals surface area contributed by atoms with E-state index in [9.17, 15) is 0 Å². The number of aryl methyl sites for hydroxylation is 1. The summed E-state index contributed by atoms with van der Waals surface area (Å²) in [4.78, 5) is 0. The summed E-state index contributed by atoms with van der Waals surface area (Å²) in [7, 11) is 0. The predicted octanol–water partition coefficient (Wildman–Crippen LogP) is 4.59. The van der Waals surface area contributed by atoms with Crippen molar-refractivity contribution >= 4 is 23.2 Å². The van der Waals surface area contributed by atoms with Gasteiger partial charge in [0.2, 0.25) is 0 Å². The molecule has 1 aromatic rings. The van der Waals surface area contributed by atoms with Crippen LogP contribution >= 0.6 is 23.2 Å². The number of hydrogen-bond acceptors (Lipinski definition) is 1. The summed E-state index contributed by atoms with van der Waals surface area (Å²) in [5.41, 5.74) is 2.08. The summed E-state index contributed by atoms with van der Waals surface area (Å²) in [6.07, 6.45) is 4.12. The van der Waals surface area contributed by atoms with E-state index in [1.54, 1.807) is 0 Å². The molecule has 0 radical (unpaired) electrons. The summed E-state index contributed by atoms with van der Waals surface area (Å²) in [6, 6.07) is 0.389. The van der Waals surface area contributed by atoms with E-state index < -0.39 is 0 Å². The number of hydrogen-bond donors (Lipinski definition) is 0. The van der Waals surface area contributed by atoms with Crippen LogP contribution in [0.4, 0.5) is 0 Å². The van der Waals surface area contributed by atoms with Gasteiger partial charge in [-0.25, -0.2) is 0 Å². The van der Waals surface area contributed by atoms with E-state index in [1.807, 2.05) is 4.68 Å². The van der Waals surface area contributed by atoms with Gasteiger partial charge in [0.1, 0.15) is 5.15 Å². The van der Waals surface area contributed by atoms with Gasteiger partial charge in [0.15, 0.2) is 0 Å². The second kappa shape index (κ2) is 6.51. The largest absolute Gasteiger partial charge is 0.250 e. The first kappa shape index (κ1) is 13.9. The lowest BCUT2D eigenvalue weighted by Gasteiger charge is -2.14. The first-order chi connectivity index (χ1) is 7.69. The third kappa shape index (κ3) is 2.72. The molecule has 0 aromatic carbocycles. The maximum Gasteiger partial charge on any atom is 0.132 e. The molecule has 0 aliphatic carbocycles. The summed E-state index contributed by atoms with van der Waals surface area (Å²) >= 11 is 12.3. The third-order valence-corrected chi connectivity index (χ3v) is 3.60. The highest BCUT2D eigenvalue weighted by Gasteiger charge is 2.18. The standard InChI is InChI=1S/C12H20Cl2N2/c1-4-7-11-10(8-13)12(14)16(15-11)9(5-2)6-3/h9H,4-8H2,1-3H3. The van der Waals surface area contributed by atoms with Gasteiger partial charge in [0.05, 0.1) is 17.6 Å². The van der Waals surface area contributed by atoms with Gasteiger partial charge in [-0.3, -0.25) is 4.68 Å². The number of alkyl halides is 1. The molecule has 1 heterocycles. The minimum absolute atomic E-state index is 0.389. The van der Waals surface area contributed by atoms with Crippen molar-refractivity contribution in [3.63, 3.8) is 0 Å². The van der Waals surface area contributed by atoms with Crippen LogP contribution in [0.15, 0.2) is 0 Å². The molecule has 0 bridgehead atoms. The number of aromatic nitrogens is 2. The Hall–Kier alpha value is -0.210. The smallest absolute Gasteiger partial charge is 0.132 e. The van der Waals surface area contributed by atoms with Gasteiger partial charge in [-0.15, -0.1) is 11.6 Å². The molecule has 16 heavy (non-hydrogen) atoms. The predicted molar refractivity (Wildman–Crippen MR) is 70.4 cm³/mol. The Labute approximate surface area is 108 Å². The lowest BCUT2D eigenvalue weighted by atomic mass is 10.2. The van der Waals surface area contributed by atoms with Crippen molar-refractivity contribution in [3.05, 3.63) is 16.4 Å². The highest BCUT2D eigenvalue weighted by atomic mass is 35.5. The van der Waals surface area contributed by atoms with Crippen molar-refractivity contribution in [3.8, 4) is 0 Å². The van der Waals surface area contributed by atoms with Crippen LogP contribution in [-0.2, 0) is 12.3 Å². The minimum Gasteiger partial charge on any atom is -0.250 e. The number of halogens is 2. The van der Waals surface area contributed by atoms with E-state index in [-0.39, 0.29) is 0 Å². The molecule has 0 saturated carbocycles. The fourth-order valence-corrected chi connectivity index (χ4v) is 2.64. The average Bonchev–Trinajstić information content (AvgIpc) is 2.58. The van der Waals surface area contributed by atoms with Gasteiger partial charge in [0.25, 0.3) is 0 Å². The van der Waals surface area contributed by atoms with Crippen LogP contribution in [-0.4, -0.2) is 9.78 Å². The second-order valence-electron chi connectivity index (χ2n) is 4.01. The van der Waals surface area contributed by atoms with Gasteiger partial charge in [-0.2, -0.15) is 5.10 Å². The summed E-state index contributed by atoms with van der Waals surface area (Å²) < 4.78 is 1.95. The Morgan fingerprint density at radius 3 is 2.31 bits per heavy atom. The normalized spacial score (nSPS) is 11.4. The molecule has 0 aliphatic heterocycles. The molecule has 0 aliphatic rings. The highest BCUT2D eigenvalue weighted by Crippen LogP contribution is 2.28. The van der Waals surface area contributed by atoms with Gasteiger partial charge in [-0.05, 0) is 19.3 Å². The molecular weight excluding hydrogens is 243 g/mol. The molecule has 0 saturated heterocycles. The van der Waals surface area contributed by atoms with Crippen LogP contribution in [0.5, 0.6) is 0 Å². The number of rotatable bonds is 6. The van der Waals surface area contributed by atoms with Crippen LogP contribution in [0, 0.1) is 0 Å². The van der Waals surface area contributed by atoms with Gasteiger partial charge in [-0.1, -0.05) is 38.8 Å². The zero-order valence-electron chi connectivity index (χ0n) is 10.3. The first-order valence-corrected chi connectivity index (χ1v) is 6.92. The fraction of sp³-hybridized carbons (Fsp3) is 0.750. The average molecular weight is 263 g/mol. The monoisotopic (exact) mass is 262 g/mol. The van der Waals surface area contributed by atoms with E-state index in [0.717, 1.165) is 42.1 Å². The molecule has 2 nitrogen and oxygen atoms in total. The van der Waals surface area contributed by atoms with E-state index in [1.165, 1.54) is 0 Å². The Balaban J connectivity index is 3.10. The quantitative estimate of drug-likeness (QED) is 0.686. The fourth-order valence-electron chi connectivity index (χ4n) is 1.94. The SMILES string of the molecule is CCCc1nn(C(CC)CC)c(Cl)c1CCl. The van der Waals surface area contributed by atoms with Crippen molar-refractivity contribution in [2.45, 2.75) is 58.4 Å². The van der Waals surface area contributed by atoms with Crippen LogP contribution in [0.1, 0.15) is 57.3 Å². The van der Waals surface area contributed by atoms with Gasteiger partial charge in [0, 0.05) is 5.56 Å². The summed E-state index contributed by atoms with van der Waals surface area (Å²) in [5, 5.41) is 5.34. The van der Waals surface area contributed by atoms with E-state index in [2.05, 4.69) is 25.9 Å². The van der Waals surface area contributed by atoms with E-state index >= 15 is 0 Å². The van der Waals surface area contributed by atoms with Crippen LogP contribution in [0.2, 0.25) is 5.15 Å². The molecule has 0 spiro atoms. The van der Waals surface area contributed by atoms with Crippen LogP contribution < -0.4 is 0 Å². The Morgan fingerprint density at radius 2 is 1.88 bits per heavy atom. The van der Waals surface area contributed by atoms with Crippen molar-refractivity contribution < 1.29 is 0 Å². The van der Waals surface area contributed by atoms with E-state index in [4.69, 9.17) is 23.2 Å². The van der Waals surface area contributed by atoms with Crippen LogP contribution in [0.25, 0.3) is 0 Å². The third-order valence-electron chi connectivity index (χ3n) is 2.94. The van der Waals surface area contributed by atoms with Crippen molar-refractivity contribution in [1.82, 2.24) is 9.78 Å². The first-order valence-electron chi connectivity index (χ1n) is 6.01. The molecule has 92 valence electrons. The summed E-state index contributed by atoms with van der Waals surface area (Å²) in [6.45, 7) is 6.46. The van der Waals surface area contributed by atoms with Gasteiger partial charge >= 0.3 is 0 Å². The molecule has 0 unspecified atom stereocenters. The molecule has 0 fully saturated rings. The van der Waals surface area contributed by atoms with Crippen molar-refractivity contribution in [1.29, 1.82) is 0 Å². The van der Waals surface area contributed by atoms with Crippen molar-refractivity contribution in [2.75, 3.05) is 0 Å². The molecule has 0 atom stereocenters. The van der Waals surface area contributed by atoms with E-state index in [0.29, 0.717) is 11.9 Å².